The van der Waals surface area contributed by atoms with Crippen LogP contribution in [-0.2, 0) is 25.6 Å². The van der Waals surface area contributed by atoms with Gasteiger partial charge in [-0.2, -0.15) is 0 Å². The number of hydroxylamine groups is 2. The van der Waals surface area contributed by atoms with Crippen molar-refractivity contribution in [1.29, 1.82) is 0 Å². The first-order valence-corrected chi connectivity index (χ1v) is 8.94. The van der Waals surface area contributed by atoms with Crippen LogP contribution in [0.1, 0.15) is 38.7 Å². The molecule has 1 aromatic carbocycles. The molecule has 146 valence electrons. The molecule has 2 rings (SSSR count). The lowest BCUT2D eigenvalue weighted by Crippen LogP contribution is -2.46. The molecular formula is C19H29ClN2O4. The third kappa shape index (κ3) is 6.27. The molecule has 1 fully saturated rings. The smallest absolute Gasteiger partial charge is 0.331 e. The van der Waals surface area contributed by atoms with E-state index in [0.29, 0.717) is 19.4 Å². The molecule has 1 amide bonds. The quantitative estimate of drug-likeness (QED) is 0.522. The van der Waals surface area contributed by atoms with Gasteiger partial charge in [0.1, 0.15) is 0 Å². The second-order valence-electron chi connectivity index (χ2n) is 6.52. The monoisotopic (exact) mass is 384 g/mol. The highest BCUT2D eigenvalue weighted by Gasteiger charge is 2.36. The Balaban J connectivity index is 0.00000338. The lowest BCUT2D eigenvalue weighted by atomic mass is 10.0. The first-order valence-electron chi connectivity index (χ1n) is 8.94. The molecule has 26 heavy (non-hydrogen) atoms. The molecule has 7 heteroatoms. The summed E-state index contributed by atoms with van der Waals surface area (Å²) in [5.74, 6) is -0.356. The Morgan fingerprint density at radius 2 is 2.08 bits per heavy atom. The average molecular weight is 385 g/mol. The van der Waals surface area contributed by atoms with E-state index in [0.717, 1.165) is 12.0 Å². The van der Waals surface area contributed by atoms with Gasteiger partial charge in [-0.1, -0.05) is 50.6 Å². The van der Waals surface area contributed by atoms with Gasteiger partial charge in [0.2, 0.25) is 5.91 Å². The lowest BCUT2D eigenvalue weighted by Gasteiger charge is -2.28. The van der Waals surface area contributed by atoms with Crippen molar-refractivity contribution < 1.29 is 19.2 Å². The standard InChI is InChI=1S/C19H28N2O4.ClH/c1-3-14(2)16(20)13-25-21(17-11-12-24-19(17)23)18(22)10-9-15-7-5-4-6-8-15;/h4-8,14,16-17H,3,9-13,20H2,1-2H3;1H/t14-,16?,17-;/m0./s1. The van der Waals surface area contributed by atoms with E-state index < -0.39 is 12.0 Å². The van der Waals surface area contributed by atoms with E-state index >= 15 is 0 Å². The fraction of sp³-hybridized carbons (Fsp3) is 0.579. The van der Waals surface area contributed by atoms with Crippen molar-refractivity contribution in [2.75, 3.05) is 13.2 Å². The third-order valence-corrected chi connectivity index (χ3v) is 4.69. The van der Waals surface area contributed by atoms with Gasteiger partial charge in [0, 0.05) is 18.9 Å². The molecule has 0 aromatic heterocycles. The highest BCUT2D eigenvalue weighted by atomic mass is 35.5. The van der Waals surface area contributed by atoms with E-state index in [-0.39, 0.29) is 43.3 Å². The second kappa shape index (κ2) is 11.2. The largest absolute Gasteiger partial charge is 0.464 e. The summed E-state index contributed by atoms with van der Waals surface area (Å²) >= 11 is 0. The lowest BCUT2D eigenvalue weighted by molar-refractivity contribution is -0.205. The molecule has 0 bridgehead atoms. The van der Waals surface area contributed by atoms with Crippen LogP contribution in [0.5, 0.6) is 0 Å². The molecule has 1 aromatic rings. The van der Waals surface area contributed by atoms with Gasteiger partial charge in [-0.25, -0.2) is 9.86 Å². The number of amides is 1. The maximum Gasteiger partial charge on any atom is 0.331 e. The predicted octanol–water partition coefficient (Wildman–Crippen LogP) is 2.49. The fourth-order valence-electron chi connectivity index (χ4n) is 2.67. The minimum Gasteiger partial charge on any atom is -0.464 e. The predicted molar refractivity (Wildman–Crippen MR) is 102 cm³/mol. The Bertz CT molecular complexity index is 570. The van der Waals surface area contributed by atoms with Gasteiger partial charge in [0.25, 0.3) is 0 Å². The Kier molecular flexibility index (Phi) is 9.62. The Morgan fingerprint density at radius 3 is 2.65 bits per heavy atom. The van der Waals surface area contributed by atoms with Gasteiger partial charge < -0.3 is 10.5 Å². The topological polar surface area (TPSA) is 81.9 Å². The average Bonchev–Trinajstić information content (AvgIpc) is 3.06. The van der Waals surface area contributed by atoms with Crippen LogP contribution >= 0.6 is 12.4 Å². The molecule has 0 saturated carbocycles. The SMILES string of the molecule is CC[C@H](C)C(N)CON(C(=O)CCc1ccccc1)[C@H]1CCOC1=O.Cl. The summed E-state index contributed by atoms with van der Waals surface area (Å²) in [6, 6.07) is 8.90. The van der Waals surface area contributed by atoms with Crippen LogP contribution in [0.15, 0.2) is 30.3 Å². The number of benzene rings is 1. The van der Waals surface area contributed by atoms with Crippen LogP contribution in [0.25, 0.3) is 0 Å². The van der Waals surface area contributed by atoms with Gasteiger partial charge in [-0.05, 0) is 17.9 Å². The van der Waals surface area contributed by atoms with Crippen molar-refractivity contribution in [1.82, 2.24) is 5.06 Å². The van der Waals surface area contributed by atoms with E-state index in [1.165, 1.54) is 5.06 Å². The van der Waals surface area contributed by atoms with Gasteiger partial charge in [0.15, 0.2) is 6.04 Å². The number of carbonyl (C=O) groups is 2. The zero-order valence-corrected chi connectivity index (χ0v) is 16.2. The van der Waals surface area contributed by atoms with Crippen molar-refractivity contribution in [3.05, 3.63) is 35.9 Å². The molecule has 1 unspecified atom stereocenters. The highest BCUT2D eigenvalue weighted by Crippen LogP contribution is 2.18. The Hall–Kier alpha value is -1.63. The minimum atomic E-state index is -0.674. The summed E-state index contributed by atoms with van der Waals surface area (Å²) in [4.78, 5) is 30.2. The number of nitrogens with two attached hydrogens (primary N) is 1. The van der Waals surface area contributed by atoms with E-state index in [1.807, 2.05) is 37.3 Å². The summed E-state index contributed by atoms with van der Waals surface area (Å²) in [7, 11) is 0. The van der Waals surface area contributed by atoms with Gasteiger partial charge in [-0.3, -0.25) is 9.63 Å². The zero-order chi connectivity index (χ0) is 18.2. The summed E-state index contributed by atoms with van der Waals surface area (Å²) in [6.07, 6.45) is 2.25. The first kappa shape index (κ1) is 22.4. The molecule has 0 radical (unpaired) electrons. The summed E-state index contributed by atoms with van der Waals surface area (Å²) in [5, 5.41) is 1.19. The van der Waals surface area contributed by atoms with Gasteiger partial charge in [0.05, 0.1) is 13.2 Å². The van der Waals surface area contributed by atoms with Crippen LogP contribution in [0.4, 0.5) is 0 Å². The summed E-state index contributed by atoms with van der Waals surface area (Å²) < 4.78 is 4.99. The normalized spacial score (nSPS) is 18.6. The van der Waals surface area contributed by atoms with Gasteiger partial charge in [-0.15, -0.1) is 12.4 Å². The zero-order valence-electron chi connectivity index (χ0n) is 15.4. The van der Waals surface area contributed by atoms with E-state index in [9.17, 15) is 9.59 Å². The number of nitrogens with zero attached hydrogens (tertiary/aromatic N) is 1. The Morgan fingerprint density at radius 1 is 1.38 bits per heavy atom. The first-order chi connectivity index (χ1) is 12.0. The summed E-state index contributed by atoms with van der Waals surface area (Å²) in [6.45, 7) is 4.61. The molecule has 6 nitrogen and oxygen atoms in total. The van der Waals surface area contributed by atoms with E-state index in [4.69, 9.17) is 15.3 Å². The number of esters is 1. The molecule has 0 aliphatic carbocycles. The number of ether oxygens (including phenoxy) is 1. The van der Waals surface area contributed by atoms with Crippen molar-refractivity contribution in [3.63, 3.8) is 0 Å². The van der Waals surface area contributed by atoms with Crippen molar-refractivity contribution in [3.8, 4) is 0 Å². The minimum absolute atomic E-state index is 0. The van der Waals surface area contributed by atoms with Crippen LogP contribution in [0.3, 0.4) is 0 Å². The number of halogens is 1. The van der Waals surface area contributed by atoms with E-state index in [1.54, 1.807) is 0 Å². The number of aryl methyl sites for hydroxylation is 1. The third-order valence-electron chi connectivity index (χ3n) is 4.69. The van der Waals surface area contributed by atoms with Gasteiger partial charge >= 0.3 is 5.97 Å². The van der Waals surface area contributed by atoms with Crippen molar-refractivity contribution in [2.45, 2.75) is 51.6 Å². The van der Waals surface area contributed by atoms with Crippen LogP contribution < -0.4 is 5.73 Å². The number of rotatable bonds is 9. The van der Waals surface area contributed by atoms with Crippen molar-refractivity contribution >= 4 is 24.3 Å². The molecule has 1 aliphatic rings. The number of hydrogen-bond donors (Lipinski definition) is 1. The molecule has 1 heterocycles. The summed E-state index contributed by atoms with van der Waals surface area (Å²) in [5.41, 5.74) is 7.17. The molecule has 2 N–H and O–H groups in total. The van der Waals surface area contributed by atoms with Crippen molar-refractivity contribution in [2.24, 2.45) is 11.7 Å². The Labute approximate surface area is 161 Å². The molecule has 1 aliphatic heterocycles. The van der Waals surface area contributed by atoms with Crippen LogP contribution in [-0.4, -0.2) is 42.2 Å². The van der Waals surface area contributed by atoms with Crippen LogP contribution in [0, 0.1) is 5.92 Å². The molecule has 1 saturated heterocycles. The van der Waals surface area contributed by atoms with Crippen LogP contribution in [0.2, 0.25) is 0 Å². The fourth-order valence-corrected chi connectivity index (χ4v) is 2.67. The number of carbonyl (C=O) groups excluding carboxylic acids is 2. The molecule has 3 atom stereocenters. The number of hydrogen-bond acceptors (Lipinski definition) is 5. The molecule has 0 spiro atoms. The van der Waals surface area contributed by atoms with E-state index in [2.05, 4.69) is 6.92 Å². The highest BCUT2D eigenvalue weighted by molar-refractivity contribution is 5.85. The maximum atomic E-state index is 12.7. The maximum absolute atomic E-state index is 12.7. The molecular weight excluding hydrogens is 356 g/mol. The number of cyclic esters (lactones) is 1. The second-order valence-corrected chi connectivity index (χ2v) is 6.52.